The fourth-order valence-corrected chi connectivity index (χ4v) is 8.36. The highest BCUT2D eigenvalue weighted by molar-refractivity contribution is 8.00. The minimum Gasteiger partial charge on any atom is -0.248 e. The molecule has 2 heterocycles. The van der Waals surface area contributed by atoms with Crippen LogP contribution in [-0.2, 0) is 5.41 Å². The highest BCUT2D eigenvalue weighted by Gasteiger charge is 2.52. The Morgan fingerprint density at radius 3 is 2.41 bits per heavy atom. The maximum atomic E-state index is 5.24. The third kappa shape index (κ3) is 3.04. The Morgan fingerprint density at radius 2 is 1.65 bits per heavy atom. The van der Waals surface area contributed by atoms with E-state index in [0.29, 0.717) is 17.1 Å². The van der Waals surface area contributed by atoms with Crippen LogP contribution in [-0.4, -0.2) is 4.98 Å². The number of nitrogens with zero attached hydrogens (tertiary/aromatic N) is 1. The van der Waals surface area contributed by atoms with Gasteiger partial charge >= 0.3 is 0 Å². The molecule has 1 aliphatic carbocycles. The first kappa shape index (κ1) is 21.9. The number of pyridine rings is 1. The Labute approximate surface area is 208 Å². The molecule has 0 N–H and O–H groups in total. The quantitative estimate of drug-likeness (QED) is 0.294. The van der Waals surface area contributed by atoms with Gasteiger partial charge in [0, 0.05) is 27.0 Å². The lowest BCUT2D eigenvalue weighted by molar-refractivity contribution is 0.446. The van der Waals surface area contributed by atoms with Crippen LogP contribution in [0.5, 0.6) is 0 Å². The van der Waals surface area contributed by atoms with Crippen molar-refractivity contribution in [1.29, 1.82) is 0 Å². The molecule has 0 radical (unpaired) electrons. The number of aromatic nitrogens is 1. The van der Waals surface area contributed by atoms with E-state index < -0.39 is 0 Å². The van der Waals surface area contributed by atoms with Gasteiger partial charge in [0.2, 0.25) is 0 Å². The second kappa shape index (κ2) is 7.46. The maximum absolute atomic E-state index is 5.24. The van der Waals surface area contributed by atoms with Gasteiger partial charge < -0.3 is 0 Å². The smallest absolute Gasteiger partial charge is 0.0717 e. The third-order valence-electron chi connectivity index (χ3n) is 8.14. The van der Waals surface area contributed by atoms with Crippen LogP contribution in [0.2, 0.25) is 0 Å². The van der Waals surface area contributed by atoms with Gasteiger partial charge in [-0.05, 0) is 89.2 Å². The zero-order valence-electron chi connectivity index (χ0n) is 21.3. The Hall–Kier alpha value is -2.58. The molecule has 0 fully saturated rings. The number of fused-ring (bicyclic) bond motifs is 6. The highest BCUT2D eigenvalue weighted by Crippen LogP contribution is 2.68. The molecule has 172 valence electrons. The van der Waals surface area contributed by atoms with Crippen molar-refractivity contribution in [2.45, 2.75) is 75.9 Å². The predicted octanol–water partition coefficient (Wildman–Crippen LogP) is 9.17. The summed E-state index contributed by atoms with van der Waals surface area (Å²) >= 11 is 2.07. The Morgan fingerprint density at radius 1 is 0.882 bits per heavy atom. The van der Waals surface area contributed by atoms with Gasteiger partial charge in [0.25, 0.3) is 0 Å². The van der Waals surface area contributed by atoms with E-state index in [1.54, 1.807) is 5.56 Å². The maximum Gasteiger partial charge on any atom is 0.0717 e. The first-order valence-electron chi connectivity index (χ1n) is 12.5. The lowest BCUT2D eigenvalue weighted by atomic mass is 9.73. The topological polar surface area (TPSA) is 12.9 Å². The summed E-state index contributed by atoms with van der Waals surface area (Å²) in [5.74, 6) is 1.04. The average molecular weight is 464 g/mol. The van der Waals surface area contributed by atoms with Crippen LogP contribution in [0.25, 0.3) is 22.2 Å². The summed E-state index contributed by atoms with van der Waals surface area (Å²) in [5, 5.41) is 1.78. The van der Waals surface area contributed by atoms with E-state index in [9.17, 15) is 0 Å². The normalized spacial score (nSPS) is 20.0. The Balaban J connectivity index is 1.55. The number of benzene rings is 3. The van der Waals surface area contributed by atoms with Crippen molar-refractivity contribution in [1.82, 2.24) is 4.98 Å². The lowest BCUT2D eigenvalue weighted by Crippen LogP contribution is -2.23. The van der Waals surface area contributed by atoms with Crippen molar-refractivity contribution >= 4 is 22.7 Å². The van der Waals surface area contributed by atoms with Crippen LogP contribution >= 0.6 is 11.8 Å². The van der Waals surface area contributed by atoms with Gasteiger partial charge in [-0.25, -0.2) is 4.98 Å². The van der Waals surface area contributed by atoms with Gasteiger partial charge in [-0.3, -0.25) is 0 Å². The summed E-state index contributed by atoms with van der Waals surface area (Å²) in [6.07, 6.45) is 0. The molecule has 2 unspecified atom stereocenters. The fraction of sp³-hybridized carbons (Fsp3) is 0.344. The molecule has 0 saturated carbocycles. The summed E-state index contributed by atoms with van der Waals surface area (Å²) in [5.41, 5.74) is 13.5. The third-order valence-corrected chi connectivity index (χ3v) is 9.55. The zero-order chi connectivity index (χ0) is 23.9. The SMILES string of the molecule is Cc1cc(C)c2c(C)cc(-c3cccc4c3C(C)(C)C3c5cc(C(C)C)ccc5SC43)nc2c1. The molecular formula is C32H33NS. The molecule has 34 heavy (non-hydrogen) atoms. The van der Waals surface area contributed by atoms with Crippen LogP contribution in [0.3, 0.4) is 0 Å². The molecule has 2 atom stereocenters. The average Bonchev–Trinajstić information content (AvgIpc) is 3.26. The van der Waals surface area contributed by atoms with Gasteiger partial charge in [-0.1, -0.05) is 64.1 Å². The van der Waals surface area contributed by atoms with Crippen molar-refractivity contribution in [3.8, 4) is 11.3 Å². The molecule has 2 aliphatic rings. The van der Waals surface area contributed by atoms with Gasteiger partial charge in [0.1, 0.15) is 0 Å². The number of thioether (sulfide) groups is 1. The van der Waals surface area contributed by atoms with Crippen LogP contribution in [0.1, 0.15) is 83.7 Å². The summed E-state index contributed by atoms with van der Waals surface area (Å²) in [4.78, 5) is 6.71. The molecule has 4 aromatic rings. The molecule has 1 aliphatic heterocycles. The fourth-order valence-electron chi connectivity index (χ4n) is 6.67. The summed E-state index contributed by atoms with van der Waals surface area (Å²) in [6.45, 7) is 16.1. The van der Waals surface area contributed by atoms with Crippen molar-refractivity contribution in [3.05, 3.63) is 93.5 Å². The molecule has 0 bridgehead atoms. The van der Waals surface area contributed by atoms with E-state index in [0.717, 1.165) is 11.2 Å². The van der Waals surface area contributed by atoms with E-state index in [2.05, 4.69) is 115 Å². The van der Waals surface area contributed by atoms with Crippen molar-refractivity contribution in [2.75, 3.05) is 0 Å². The summed E-state index contributed by atoms with van der Waals surface area (Å²) in [6, 6.07) is 20.9. The molecule has 6 rings (SSSR count). The van der Waals surface area contributed by atoms with E-state index in [1.807, 2.05) is 0 Å². The zero-order valence-corrected chi connectivity index (χ0v) is 22.1. The lowest BCUT2D eigenvalue weighted by Gasteiger charge is -2.30. The minimum atomic E-state index is 0.0392. The number of hydrogen-bond donors (Lipinski definition) is 0. The summed E-state index contributed by atoms with van der Waals surface area (Å²) in [7, 11) is 0. The van der Waals surface area contributed by atoms with Crippen molar-refractivity contribution < 1.29 is 0 Å². The van der Waals surface area contributed by atoms with E-state index in [4.69, 9.17) is 4.98 Å². The van der Waals surface area contributed by atoms with E-state index in [-0.39, 0.29) is 5.41 Å². The molecule has 0 spiro atoms. The van der Waals surface area contributed by atoms with Crippen LogP contribution in [0.15, 0.2) is 59.5 Å². The molecule has 0 amide bonds. The monoisotopic (exact) mass is 463 g/mol. The van der Waals surface area contributed by atoms with Crippen molar-refractivity contribution in [3.63, 3.8) is 0 Å². The largest absolute Gasteiger partial charge is 0.248 e. The summed E-state index contributed by atoms with van der Waals surface area (Å²) < 4.78 is 0. The first-order valence-corrected chi connectivity index (χ1v) is 13.4. The number of hydrogen-bond acceptors (Lipinski definition) is 2. The molecule has 1 nitrogen and oxygen atoms in total. The van der Waals surface area contributed by atoms with Crippen molar-refractivity contribution in [2.24, 2.45) is 0 Å². The Kier molecular flexibility index (Phi) is 4.81. The number of aryl methyl sites for hydroxylation is 3. The van der Waals surface area contributed by atoms with Gasteiger partial charge in [-0.15, -0.1) is 11.8 Å². The molecule has 1 aromatic heterocycles. The molecular weight excluding hydrogens is 430 g/mol. The molecule has 3 aromatic carbocycles. The molecule has 2 heteroatoms. The van der Waals surface area contributed by atoms with Gasteiger partial charge in [0.05, 0.1) is 11.2 Å². The van der Waals surface area contributed by atoms with E-state index >= 15 is 0 Å². The minimum absolute atomic E-state index is 0.0392. The van der Waals surface area contributed by atoms with Gasteiger partial charge in [-0.2, -0.15) is 0 Å². The second-order valence-electron chi connectivity index (χ2n) is 11.3. The predicted molar refractivity (Wildman–Crippen MR) is 146 cm³/mol. The standard InChI is InChI=1S/C32H33NS/c1-17(2)21-11-12-27-24(16-21)30-31(34-27)23-10-8-9-22(29(23)32(30,6)7)25-15-20(5)28-19(4)13-18(3)14-26(28)33-25/h8-17,30-31H,1-7H3. The first-order chi connectivity index (χ1) is 16.2. The van der Waals surface area contributed by atoms with Gasteiger partial charge in [0.15, 0.2) is 0 Å². The number of rotatable bonds is 2. The Bertz CT molecular complexity index is 1480. The second-order valence-corrected chi connectivity index (χ2v) is 12.4. The van der Waals surface area contributed by atoms with E-state index in [1.165, 1.54) is 49.2 Å². The highest BCUT2D eigenvalue weighted by atomic mass is 32.2. The van der Waals surface area contributed by atoms with Crippen LogP contribution in [0.4, 0.5) is 0 Å². The van der Waals surface area contributed by atoms with Crippen LogP contribution < -0.4 is 0 Å². The molecule has 0 saturated heterocycles. The van der Waals surface area contributed by atoms with Crippen LogP contribution in [0, 0.1) is 20.8 Å².